The van der Waals surface area contributed by atoms with Gasteiger partial charge in [0.1, 0.15) is 29.5 Å². The van der Waals surface area contributed by atoms with E-state index in [0.29, 0.717) is 5.01 Å². The number of aliphatic hydroxyl groups is 1. The molecule has 136 valence electrons. The van der Waals surface area contributed by atoms with E-state index in [1.807, 2.05) is 0 Å². The Morgan fingerprint density at radius 3 is 2.81 bits per heavy atom. The number of hydrazone groups is 1. The van der Waals surface area contributed by atoms with Gasteiger partial charge in [-0.25, -0.2) is 0 Å². The van der Waals surface area contributed by atoms with Crippen molar-refractivity contribution in [3.8, 4) is 0 Å². The van der Waals surface area contributed by atoms with E-state index in [9.17, 15) is 18.3 Å². The maximum absolute atomic E-state index is 13.7. The van der Waals surface area contributed by atoms with Crippen LogP contribution in [0.15, 0.2) is 44.4 Å². The van der Waals surface area contributed by atoms with Gasteiger partial charge >= 0.3 is 6.18 Å². The van der Waals surface area contributed by atoms with Gasteiger partial charge in [-0.15, -0.1) is 20.4 Å². The van der Waals surface area contributed by atoms with E-state index in [4.69, 9.17) is 10.2 Å². The Balaban J connectivity index is 1.87. The van der Waals surface area contributed by atoms with Gasteiger partial charge in [-0.3, -0.25) is 4.57 Å². The normalized spacial score (nSPS) is 23.2. The quantitative estimate of drug-likeness (QED) is 0.743. The first kappa shape index (κ1) is 16.3. The molecule has 4 heterocycles. The SMILES string of the molecule is NC1=NN=C(N2N=C(c3ccco3)CC2(O)C(F)(F)F)n2cnnc2C1. The summed E-state index contributed by atoms with van der Waals surface area (Å²) in [6, 6.07) is 2.94. The second-order valence-electron chi connectivity index (χ2n) is 5.61. The molecule has 4 rings (SSSR count). The topological polar surface area (TPSA) is 130 Å². The Morgan fingerprint density at radius 2 is 2.12 bits per heavy atom. The van der Waals surface area contributed by atoms with Crippen molar-refractivity contribution < 1.29 is 22.7 Å². The smallest absolute Gasteiger partial charge is 0.438 e. The van der Waals surface area contributed by atoms with Crippen LogP contribution in [0.1, 0.15) is 18.0 Å². The number of amidine groups is 1. The van der Waals surface area contributed by atoms with Crippen LogP contribution in [0.3, 0.4) is 0 Å². The summed E-state index contributed by atoms with van der Waals surface area (Å²) in [6.07, 6.45) is -3.46. The zero-order chi connectivity index (χ0) is 18.5. The molecule has 1 unspecified atom stereocenters. The Morgan fingerprint density at radius 1 is 1.31 bits per heavy atom. The molecular weight excluding hydrogens is 357 g/mol. The van der Waals surface area contributed by atoms with E-state index in [2.05, 4.69) is 25.5 Å². The summed E-state index contributed by atoms with van der Waals surface area (Å²) < 4.78 is 47.3. The van der Waals surface area contributed by atoms with Crippen LogP contribution in [0.25, 0.3) is 0 Å². The van der Waals surface area contributed by atoms with Gasteiger partial charge in [-0.1, -0.05) is 0 Å². The molecular formula is C13H11F3N8O2. The lowest BCUT2D eigenvalue weighted by Crippen LogP contribution is -2.58. The summed E-state index contributed by atoms with van der Waals surface area (Å²) in [7, 11) is 0. The molecule has 2 aromatic heterocycles. The van der Waals surface area contributed by atoms with Gasteiger partial charge in [0.05, 0.1) is 19.1 Å². The number of nitrogens with zero attached hydrogens (tertiary/aromatic N) is 7. The third kappa shape index (κ3) is 2.35. The fourth-order valence-corrected chi connectivity index (χ4v) is 2.60. The lowest BCUT2D eigenvalue weighted by molar-refractivity contribution is -0.295. The molecule has 1 atom stereocenters. The average Bonchev–Trinajstić information content (AvgIpc) is 3.27. The molecule has 0 bridgehead atoms. The number of alkyl halides is 3. The molecule has 0 aliphatic carbocycles. The van der Waals surface area contributed by atoms with Crippen LogP contribution in [0, 0.1) is 0 Å². The highest BCUT2D eigenvalue weighted by molar-refractivity contribution is 6.02. The first-order valence-corrected chi connectivity index (χ1v) is 7.29. The van der Waals surface area contributed by atoms with E-state index in [1.54, 1.807) is 0 Å². The highest BCUT2D eigenvalue weighted by Gasteiger charge is 2.63. The van der Waals surface area contributed by atoms with Crippen LogP contribution < -0.4 is 5.73 Å². The largest absolute Gasteiger partial charge is 0.463 e. The Labute approximate surface area is 143 Å². The summed E-state index contributed by atoms with van der Waals surface area (Å²) in [4.78, 5) is 0. The zero-order valence-electron chi connectivity index (χ0n) is 12.9. The molecule has 0 aromatic carbocycles. The molecule has 2 aromatic rings. The standard InChI is InChI=1S/C13H11F3N8O2/c14-13(15,16)12(25)5-7(8-2-1-3-26-8)22-24(12)11-21-19-9(17)4-10-20-18-6-23(10)11/h1-3,6,25H,4-5H2,(H2,17,19). The Hall–Kier alpha value is -3.22. The predicted octanol–water partition coefficient (Wildman–Crippen LogP) is 0.264. The van der Waals surface area contributed by atoms with Crippen molar-refractivity contribution in [2.24, 2.45) is 21.0 Å². The van der Waals surface area contributed by atoms with Crippen molar-refractivity contribution in [2.75, 3.05) is 0 Å². The molecule has 26 heavy (non-hydrogen) atoms. The molecule has 0 saturated heterocycles. The molecule has 10 nitrogen and oxygen atoms in total. The summed E-state index contributed by atoms with van der Waals surface area (Å²) in [5, 5.41) is 29.5. The number of nitrogens with two attached hydrogens (primary N) is 1. The van der Waals surface area contributed by atoms with Crippen LogP contribution in [-0.2, 0) is 6.42 Å². The van der Waals surface area contributed by atoms with Crippen molar-refractivity contribution in [2.45, 2.75) is 24.7 Å². The molecule has 13 heteroatoms. The van der Waals surface area contributed by atoms with Crippen molar-refractivity contribution in [3.05, 3.63) is 36.3 Å². The van der Waals surface area contributed by atoms with Crippen LogP contribution in [-0.4, -0.2) is 54.3 Å². The van der Waals surface area contributed by atoms with Crippen molar-refractivity contribution >= 4 is 17.5 Å². The second kappa shape index (κ2) is 5.39. The van der Waals surface area contributed by atoms with Crippen molar-refractivity contribution in [3.63, 3.8) is 0 Å². The lowest BCUT2D eigenvalue weighted by atomic mass is 10.1. The predicted molar refractivity (Wildman–Crippen MR) is 80.9 cm³/mol. The number of fused-ring (bicyclic) bond motifs is 1. The summed E-state index contributed by atoms with van der Waals surface area (Å²) in [5.74, 6) is -0.115. The molecule has 0 radical (unpaired) electrons. The number of aromatic nitrogens is 3. The van der Waals surface area contributed by atoms with Crippen LogP contribution in [0.2, 0.25) is 0 Å². The molecule has 0 spiro atoms. The number of furan rings is 1. The first-order valence-electron chi connectivity index (χ1n) is 7.29. The van der Waals surface area contributed by atoms with E-state index < -0.39 is 24.3 Å². The number of hydrogen-bond acceptors (Lipinski definition) is 9. The minimum absolute atomic E-state index is 0.0271. The first-order chi connectivity index (χ1) is 12.3. The highest BCUT2D eigenvalue weighted by atomic mass is 19.4. The molecule has 2 aliphatic heterocycles. The van der Waals surface area contributed by atoms with E-state index in [0.717, 1.165) is 10.9 Å². The maximum atomic E-state index is 13.7. The fourth-order valence-electron chi connectivity index (χ4n) is 2.60. The van der Waals surface area contributed by atoms with Gasteiger partial charge in [0, 0.05) is 0 Å². The Bertz CT molecular complexity index is 930. The van der Waals surface area contributed by atoms with Crippen molar-refractivity contribution in [1.82, 2.24) is 19.8 Å². The van der Waals surface area contributed by atoms with Crippen LogP contribution in [0.5, 0.6) is 0 Å². The van der Waals surface area contributed by atoms with Gasteiger partial charge < -0.3 is 15.3 Å². The van der Waals surface area contributed by atoms with Crippen LogP contribution in [0.4, 0.5) is 13.2 Å². The average molecular weight is 368 g/mol. The zero-order valence-corrected chi connectivity index (χ0v) is 12.9. The van der Waals surface area contributed by atoms with E-state index >= 15 is 0 Å². The number of halogens is 3. The minimum Gasteiger partial charge on any atom is -0.463 e. The second-order valence-corrected chi connectivity index (χ2v) is 5.61. The molecule has 3 N–H and O–H groups in total. The third-order valence-electron chi connectivity index (χ3n) is 3.88. The van der Waals surface area contributed by atoms with Gasteiger partial charge in [-0.2, -0.15) is 23.3 Å². The molecule has 0 amide bonds. The monoisotopic (exact) mass is 368 g/mol. The van der Waals surface area contributed by atoms with Gasteiger partial charge in [0.2, 0.25) is 0 Å². The fraction of sp³-hybridized carbons (Fsp3) is 0.308. The lowest BCUT2D eigenvalue weighted by Gasteiger charge is -2.33. The van der Waals surface area contributed by atoms with E-state index in [-0.39, 0.29) is 29.6 Å². The molecule has 0 fully saturated rings. The van der Waals surface area contributed by atoms with Crippen LogP contribution >= 0.6 is 0 Å². The summed E-state index contributed by atoms with van der Waals surface area (Å²) in [6.45, 7) is 0. The van der Waals surface area contributed by atoms with Gasteiger partial charge in [0.25, 0.3) is 11.7 Å². The van der Waals surface area contributed by atoms with Crippen molar-refractivity contribution in [1.29, 1.82) is 0 Å². The van der Waals surface area contributed by atoms with Gasteiger partial charge in [-0.05, 0) is 12.1 Å². The highest BCUT2D eigenvalue weighted by Crippen LogP contribution is 2.41. The van der Waals surface area contributed by atoms with Gasteiger partial charge in [0.15, 0.2) is 0 Å². The number of hydrogen-bond donors (Lipinski definition) is 2. The summed E-state index contributed by atoms with van der Waals surface area (Å²) in [5.41, 5.74) is 2.17. The molecule has 2 aliphatic rings. The third-order valence-corrected chi connectivity index (χ3v) is 3.88. The number of rotatable bonds is 1. The minimum atomic E-state index is -5.05. The molecule has 0 saturated carbocycles. The maximum Gasteiger partial charge on any atom is 0.438 e. The summed E-state index contributed by atoms with van der Waals surface area (Å²) >= 11 is 0. The Kier molecular flexibility index (Phi) is 3.37. The van der Waals surface area contributed by atoms with E-state index in [1.165, 1.54) is 18.4 Å².